The summed E-state index contributed by atoms with van der Waals surface area (Å²) in [7, 11) is 0. The van der Waals surface area contributed by atoms with Crippen LogP contribution in [0.4, 0.5) is 10.1 Å². The number of hydrogen-bond donors (Lipinski definition) is 0. The number of carbonyl (C=O) groups excluding carboxylic acids is 1. The predicted octanol–water partition coefficient (Wildman–Crippen LogP) is 4.67. The lowest BCUT2D eigenvalue weighted by Crippen LogP contribution is -2.23. The Hall–Kier alpha value is -2.86. The quantitative estimate of drug-likeness (QED) is 0.600. The third kappa shape index (κ3) is 3.14. The first-order valence-corrected chi connectivity index (χ1v) is 9.41. The van der Waals surface area contributed by atoms with Crippen molar-refractivity contribution in [3.63, 3.8) is 0 Å². The van der Waals surface area contributed by atoms with Gasteiger partial charge in [-0.15, -0.1) is 0 Å². The van der Waals surface area contributed by atoms with E-state index in [4.69, 9.17) is 16.3 Å². The smallest absolute Gasteiger partial charge is 0.358 e. The van der Waals surface area contributed by atoms with Gasteiger partial charge in [-0.1, -0.05) is 23.7 Å². The average molecular weight is 400 g/mol. The van der Waals surface area contributed by atoms with Gasteiger partial charge in [-0.2, -0.15) is 0 Å². The summed E-state index contributed by atoms with van der Waals surface area (Å²) in [5, 5.41) is 0.596. The highest BCUT2D eigenvalue weighted by Crippen LogP contribution is 2.33. The van der Waals surface area contributed by atoms with Crippen LogP contribution < -0.4 is 4.90 Å². The summed E-state index contributed by atoms with van der Waals surface area (Å²) in [6.45, 7) is 4.60. The maximum absolute atomic E-state index is 14.5. The van der Waals surface area contributed by atoms with E-state index in [0.29, 0.717) is 35.3 Å². The molecule has 0 radical (unpaired) electrons. The van der Waals surface area contributed by atoms with Crippen molar-refractivity contribution < 1.29 is 13.9 Å². The summed E-state index contributed by atoms with van der Waals surface area (Å²) in [6, 6.07) is 12.2. The van der Waals surface area contributed by atoms with E-state index in [9.17, 15) is 9.18 Å². The highest BCUT2D eigenvalue weighted by molar-refractivity contribution is 6.30. The van der Waals surface area contributed by atoms with E-state index in [1.807, 2.05) is 28.5 Å². The summed E-state index contributed by atoms with van der Waals surface area (Å²) in [4.78, 5) is 18.8. The highest BCUT2D eigenvalue weighted by Gasteiger charge is 2.29. The molecule has 7 heteroatoms. The average Bonchev–Trinajstić information content (AvgIpc) is 2.88. The molecule has 2 heterocycles. The van der Waals surface area contributed by atoms with Gasteiger partial charge in [0.25, 0.3) is 0 Å². The molecule has 0 amide bonds. The zero-order valence-electron chi connectivity index (χ0n) is 15.6. The lowest BCUT2D eigenvalue weighted by atomic mass is 10.1. The van der Waals surface area contributed by atoms with Gasteiger partial charge in [0.05, 0.1) is 30.2 Å². The standard InChI is InChI=1S/C21H19ClFN3O2/c1-3-28-21(27)20-19-12-25(18-7-5-4-6-16(18)23)11-14-10-15(22)8-9-17(14)26(19)13(2)24-20/h4-10H,3,11-12H2,1-2H3. The molecule has 1 aliphatic rings. The monoisotopic (exact) mass is 399 g/mol. The van der Waals surface area contributed by atoms with Crippen molar-refractivity contribution in [3.05, 3.63) is 76.1 Å². The van der Waals surface area contributed by atoms with Crippen molar-refractivity contribution in [2.24, 2.45) is 0 Å². The van der Waals surface area contributed by atoms with Crippen LogP contribution in [-0.4, -0.2) is 22.1 Å². The van der Waals surface area contributed by atoms with E-state index in [1.165, 1.54) is 6.07 Å². The number of aromatic nitrogens is 2. The number of imidazole rings is 1. The second kappa shape index (κ2) is 7.28. The highest BCUT2D eigenvalue weighted by atomic mass is 35.5. The maximum Gasteiger partial charge on any atom is 0.358 e. The number of hydrogen-bond acceptors (Lipinski definition) is 4. The molecule has 144 valence electrons. The molecule has 0 unspecified atom stereocenters. The first kappa shape index (κ1) is 18.5. The number of ether oxygens (including phenoxy) is 1. The molecule has 0 N–H and O–H groups in total. The first-order chi connectivity index (χ1) is 13.5. The molecular formula is C21H19ClFN3O2. The van der Waals surface area contributed by atoms with Gasteiger partial charge in [-0.25, -0.2) is 14.2 Å². The number of fused-ring (bicyclic) bond motifs is 3. The Labute approximate surface area is 167 Å². The van der Waals surface area contributed by atoms with Gasteiger partial charge in [-0.05, 0) is 49.7 Å². The molecule has 0 aliphatic carbocycles. The number of halogens is 2. The lowest BCUT2D eigenvalue weighted by molar-refractivity contribution is 0.0518. The molecule has 4 rings (SSSR count). The van der Waals surface area contributed by atoms with E-state index < -0.39 is 5.97 Å². The van der Waals surface area contributed by atoms with E-state index in [-0.39, 0.29) is 18.1 Å². The fraction of sp³-hybridized carbons (Fsp3) is 0.238. The van der Waals surface area contributed by atoms with Crippen LogP contribution in [-0.2, 0) is 17.8 Å². The van der Waals surface area contributed by atoms with E-state index >= 15 is 0 Å². The van der Waals surface area contributed by atoms with Crippen molar-refractivity contribution in [2.75, 3.05) is 11.5 Å². The van der Waals surface area contributed by atoms with Crippen molar-refractivity contribution in [2.45, 2.75) is 26.9 Å². The molecule has 0 saturated heterocycles. The third-order valence-corrected chi connectivity index (χ3v) is 5.02. The number of anilines is 1. The Morgan fingerprint density at radius 2 is 2.00 bits per heavy atom. The molecule has 1 aliphatic heterocycles. The van der Waals surface area contributed by atoms with Crippen molar-refractivity contribution in [1.82, 2.24) is 9.55 Å². The summed E-state index contributed by atoms with van der Waals surface area (Å²) in [6.07, 6.45) is 0. The molecule has 28 heavy (non-hydrogen) atoms. The number of esters is 1. The molecular weight excluding hydrogens is 381 g/mol. The van der Waals surface area contributed by atoms with Crippen molar-refractivity contribution in [1.29, 1.82) is 0 Å². The van der Waals surface area contributed by atoms with Gasteiger partial charge in [0, 0.05) is 11.6 Å². The molecule has 0 bridgehead atoms. The topological polar surface area (TPSA) is 47.4 Å². The Bertz CT molecular complexity index is 1060. The zero-order valence-corrected chi connectivity index (χ0v) is 16.3. The van der Waals surface area contributed by atoms with Crippen LogP contribution >= 0.6 is 11.6 Å². The second-order valence-electron chi connectivity index (χ2n) is 6.59. The number of rotatable bonds is 3. The Morgan fingerprint density at radius 1 is 1.21 bits per heavy atom. The number of para-hydroxylation sites is 1. The van der Waals surface area contributed by atoms with Gasteiger partial charge >= 0.3 is 5.97 Å². The molecule has 0 fully saturated rings. The maximum atomic E-state index is 14.5. The summed E-state index contributed by atoms with van der Waals surface area (Å²) in [5.41, 5.74) is 3.17. The molecule has 2 aromatic carbocycles. The second-order valence-corrected chi connectivity index (χ2v) is 7.03. The Morgan fingerprint density at radius 3 is 2.75 bits per heavy atom. The van der Waals surface area contributed by atoms with Crippen LogP contribution in [0.5, 0.6) is 0 Å². The Kier molecular flexibility index (Phi) is 4.81. The Balaban J connectivity index is 1.93. The lowest BCUT2D eigenvalue weighted by Gasteiger charge is -2.23. The van der Waals surface area contributed by atoms with Gasteiger partial charge < -0.3 is 9.64 Å². The summed E-state index contributed by atoms with van der Waals surface area (Å²) < 4.78 is 21.7. The van der Waals surface area contributed by atoms with Crippen LogP contribution in [0.1, 0.15) is 34.5 Å². The van der Waals surface area contributed by atoms with Crippen LogP contribution in [0.2, 0.25) is 5.02 Å². The summed E-state index contributed by atoms with van der Waals surface area (Å²) >= 11 is 6.23. The molecule has 0 saturated carbocycles. The molecule has 0 atom stereocenters. The minimum Gasteiger partial charge on any atom is -0.461 e. The van der Waals surface area contributed by atoms with Gasteiger partial charge in [0.1, 0.15) is 11.6 Å². The number of benzene rings is 2. The molecule has 3 aromatic rings. The van der Waals surface area contributed by atoms with E-state index in [0.717, 1.165) is 11.3 Å². The molecule has 0 spiro atoms. The SMILES string of the molecule is CCOC(=O)c1nc(C)n2c1CN(c1ccccc1F)Cc1cc(Cl)ccc1-2. The number of nitrogens with zero attached hydrogens (tertiary/aromatic N) is 3. The fourth-order valence-corrected chi connectivity index (χ4v) is 3.82. The molecule has 1 aromatic heterocycles. The zero-order chi connectivity index (χ0) is 19.8. The summed E-state index contributed by atoms with van der Waals surface area (Å²) in [5.74, 6) is -0.143. The van der Waals surface area contributed by atoms with E-state index in [1.54, 1.807) is 31.2 Å². The number of aryl methyl sites for hydroxylation is 1. The van der Waals surface area contributed by atoms with Gasteiger partial charge in [-0.3, -0.25) is 4.57 Å². The van der Waals surface area contributed by atoms with Crippen LogP contribution in [0, 0.1) is 12.7 Å². The molecule has 5 nitrogen and oxygen atoms in total. The normalized spacial score (nSPS) is 12.9. The first-order valence-electron chi connectivity index (χ1n) is 9.03. The largest absolute Gasteiger partial charge is 0.461 e. The van der Waals surface area contributed by atoms with Crippen LogP contribution in [0.25, 0.3) is 5.69 Å². The minimum absolute atomic E-state index is 0.253. The number of carbonyl (C=O) groups is 1. The fourth-order valence-electron chi connectivity index (χ4n) is 3.63. The van der Waals surface area contributed by atoms with Crippen LogP contribution in [0.15, 0.2) is 42.5 Å². The van der Waals surface area contributed by atoms with Crippen LogP contribution in [0.3, 0.4) is 0 Å². The van der Waals surface area contributed by atoms with E-state index in [2.05, 4.69) is 4.98 Å². The third-order valence-electron chi connectivity index (χ3n) is 4.79. The van der Waals surface area contributed by atoms with Crippen molar-refractivity contribution in [3.8, 4) is 5.69 Å². The minimum atomic E-state index is -0.481. The van der Waals surface area contributed by atoms with Crippen molar-refractivity contribution >= 4 is 23.3 Å². The predicted molar refractivity (Wildman–Crippen MR) is 106 cm³/mol. The van der Waals surface area contributed by atoms with Gasteiger partial charge in [0.2, 0.25) is 0 Å². The van der Waals surface area contributed by atoms with Gasteiger partial charge in [0.15, 0.2) is 5.69 Å².